The van der Waals surface area contributed by atoms with E-state index in [0.717, 1.165) is 29.6 Å². The van der Waals surface area contributed by atoms with Gasteiger partial charge in [-0.3, -0.25) is 4.79 Å². The number of halogens is 7. The van der Waals surface area contributed by atoms with Crippen LogP contribution in [0.4, 0.5) is 28.0 Å². The van der Waals surface area contributed by atoms with Gasteiger partial charge in [0.25, 0.3) is 5.91 Å². The molecular weight excluding hydrogens is 699 g/mol. The smallest absolute Gasteiger partial charge is 0.435 e. The highest BCUT2D eigenvalue weighted by molar-refractivity contribution is 6.67. The standard InChI is InChI=1S/C32H27Cl3F4N6O3/c33-31(34,35)17-48-30(47)43-28(40)21-7-4-8-22(13-21)45-25(15-26(44-45)32(37,38)39)29(46)42-24-14-20(11-12-23(24)36)27(41-16-18-9-10-18)19-5-2-1-3-6-19/h1-8,11-15,18,27,41H,9-10,16-17H2,(H,42,46)(H2,40,43,47). The van der Waals surface area contributed by atoms with Gasteiger partial charge in [0, 0.05) is 11.6 Å². The van der Waals surface area contributed by atoms with E-state index in [1.54, 1.807) is 6.07 Å². The molecule has 5 rings (SSSR count). The molecule has 1 saturated carbocycles. The van der Waals surface area contributed by atoms with Crippen LogP contribution in [0.15, 0.2) is 83.9 Å². The van der Waals surface area contributed by atoms with E-state index in [1.807, 2.05) is 30.3 Å². The van der Waals surface area contributed by atoms with Crippen molar-refractivity contribution in [2.75, 3.05) is 18.5 Å². The summed E-state index contributed by atoms with van der Waals surface area (Å²) in [5, 5.41) is 9.50. The highest BCUT2D eigenvalue weighted by Gasteiger charge is 2.36. The minimum absolute atomic E-state index is 0.0522. The largest absolute Gasteiger partial charge is 0.443 e. The summed E-state index contributed by atoms with van der Waals surface area (Å²) in [6.45, 7) is 0.120. The number of carbonyl (C=O) groups is 2. The van der Waals surface area contributed by atoms with Gasteiger partial charge >= 0.3 is 12.3 Å². The average molecular weight is 726 g/mol. The molecule has 0 aliphatic heterocycles. The van der Waals surface area contributed by atoms with Gasteiger partial charge in [0.1, 0.15) is 24.0 Å². The van der Waals surface area contributed by atoms with Crippen molar-refractivity contribution in [1.82, 2.24) is 15.1 Å². The zero-order chi connectivity index (χ0) is 34.6. The highest BCUT2D eigenvalue weighted by atomic mass is 35.6. The number of hydrogen-bond donors (Lipinski definition) is 3. The van der Waals surface area contributed by atoms with Gasteiger partial charge in [0.2, 0.25) is 3.79 Å². The Hall–Kier alpha value is -4.17. The molecule has 1 heterocycles. The second kappa shape index (κ2) is 14.5. The van der Waals surface area contributed by atoms with Crippen LogP contribution in [0.2, 0.25) is 0 Å². The summed E-state index contributed by atoms with van der Waals surface area (Å²) >= 11 is 16.7. The number of hydrogen-bond acceptors (Lipinski definition) is 5. The lowest BCUT2D eigenvalue weighted by Crippen LogP contribution is -2.25. The predicted molar refractivity (Wildman–Crippen MR) is 174 cm³/mol. The third kappa shape index (κ3) is 9.25. The van der Waals surface area contributed by atoms with Crippen molar-refractivity contribution >= 4 is 58.3 Å². The van der Waals surface area contributed by atoms with E-state index in [2.05, 4.69) is 20.7 Å². The minimum atomic E-state index is -4.92. The van der Waals surface area contributed by atoms with Crippen LogP contribution in [0.3, 0.4) is 0 Å². The number of amidine groups is 1. The number of ether oxygens (including phenoxy) is 1. The Morgan fingerprint density at radius 3 is 2.40 bits per heavy atom. The number of carbonyl (C=O) groups excluding carboxylic acids is 2. The molecule has 1 fully saturated rings. The third-order valence-electron chi connectivity index (χ3n) is 7.20. The molecule has 1 aliphatic rings. The first kappa shape index (κ1) is 35.1. The minimum Gasteiger partial charge on any atom is -0.443 e. The number of anilines is 1. The third-order valence-corrected chi connectivity index (χ3v) is 7.53. The van der Waals surface area contributed by atoms with Gasteiger partial charge in [0.05, 0.1) is 17.4 Å². The van der Waals surface area contributed by atoms with Crippen molar-refractivity contribution in [3.8, 4) is 5.69 Å². The number of amides is 2. The first-order valence-electron chi connectivity index (χ1n) is 14.4. The molecule has 0 bridgehead atoms. The number of aromatic nitrogens is 2. The van der Waals surface area contributed by atoms with E-state index < -0.39 is 45.8 Å². The van der Waals surface area contributed by atoms with Crippen LogP contribution >= 0.6 is 34.8 Å². The van der Waals surface area contributed by atoms with E-state index in [4.69, 9.17) is 45.3 Å². The Bertz CT molecular complexity index is 1830. The highest BCUT2D eigenvalue weighted by Crippen LogP contribution is 2.33. The monoisotopic (exact) mass is 724 g/mol. The molecule has 1 aliphatic carbocycles. The van der Waals surface area contributed by atoms with Gasteiger partial charge in [-0.25, -0.2) is 13.9 Å². The summed E-state index contributed by atoms with van der Waals surface area (Å²) in [7, 11) is 0. The van der Waals surface area contributed by atoms with Crippen LogP contribution in [0.1, 0.15) is 51.8 Å². The summed E-state index contributed by atoms with van der Waals surface area (Å²) in [5.74, 6) is -1.71. The van der Waals surface area contributed by atoms with E-state index in [-0.39, 0.29) is 28.8 Å². The van der Waals surface area contributed by atoms with Gasteiger partial charge in [-0.15, -0.1) is 0 Å². The van der Waals surface area contributed by atoms with Crippen molar-refractivity contribution in [3.63, 3.8) is 0 Å². The van der Waals surface area contributed by atoms with E-state index in [1.165, 1.54) is 36.4 Å². The summed E-state index contributed by atoms with van der Waals surface area (Å²) in [4.78, 5) is 29.1. The SMILES string of the molecule is NC(=NC(=O)OCC(Cl)(Cl)Cl)c1cccc(-n2nc(C(F)(F)F)cc2C(=O)Nc2cc(C(NCC3CC3)c3ccccc3)ccc2F)c1. The van der Waals surface area contributed by atoms with Crippen LogP contribution in [-0.2, 0) is 10.9 Å². The van der Waals surface area contributed by atoms with Crippen molar-refractivity contribution in [2.45, 2.75) is 28.9 Å². The summed E-state index contributed by atoms with van der Waals surface area (Å²) in [5.41, 5.74) is 5.29. The molecule has 9 nitrogen and oxygen atoms in total. The second-order valence-corrected chi connectivity index (χ2v) is 13.4. The quantitative estimate of drug-likeness (QED) is 0.0671. The van der Waals surface area contributed by atoms with Crippen LogP contribution in [0.25, 0.3) is 5.69 Å². The lowest BCUT2D eigenvalue weighted by Gasteiger charge is -2.21. The number of nitrogens with one attached hydrogen (secondary N) is 2. The number of aliphatic imine (C=N–C) groups is 1. The molecule has 0 radical (unpaired) electrons. The van der Waals surface area contributed by atoms with Gasteiger partial charge in [-0.2, -0.15) is 23.3 Å². The van der Waals surface area contributed by atoms with Crippen LogP contribution < -0.4 is 16.4 Å². The van der Waals surface area contributed by atoms with Gasteiger partial charge in [0.15, 0.2) is 5.69 Å². The molecule has 1 atom stereocenters. The molecule has 0 saturated heterocycles. The first-order valence-corrected chi connectivity index (χ1v) is 15.6. The molecule has 4 aromatic rings. The molecule has 4 N–H and O–H groups in total. The summed E-state index contributed by atoms with van der Waals surface area (Å²) in [6, 6.07) is 19.2. The van der Waals surface area contributed by atoms with Gasteiger partial charge in [-0.1, -0.05) is 83.3 Å². The lowest BCUT2D eigenvalue weighted by molar-refractivity contribution is -0.141. The van der Waals surface area contributed by atoms with Crippen molar-refractivity contribution < 1.29 is 31.9 Å². The van der Waals surface area contributed by atoms with E-state index in [0.29, 0.717) is 17.5 Å². The maximum Gasteiger partial charge on any atom is 0.435 e. The van der Waals surface area contributed by atoms with Crippen molar-refractivity contribution in [1.29, 1.82) is 0 Å². The van der Waals surface area contributed by atoms with Crippen LogP contribution in [0.5, 0.6) is 0 Å². The zero-order valence-electron chi connectivity index (χ0n) is 24.8. The number of nitrogens with two attached hydrogens (primary N) is 1. The van der Waals surface area contributed by atoms with E-state index >= 15 is 4.39 Å². The Kier molecular flexibility index (Phi) is 10.6. The maximum atomic E-state index is 15.1. The van der Waals surface area contributed by atoms with Gasteiger partial charge < -0.3 is 21.1 Å². The lowest BCUT2D eigenvalue weighted by atomic mass is 9.97. The summed E-state index contributed by atoms with van der Waals surface area (Å²) < 4.78 is 60.0. The average Bonchev–Trinajstić information content (AvgIpc) is 3.75. The first-order chi connectivity index (χ1) is 22.7. The van der Waals surface area contributed by atoms with Crippen LogP contribution in [-0.4, -0.2) is 44.6 Å². The fraction of sp³-hybridized carbons (Fsp3) is 0.250. The molecule has 2 amide bonds. The molecule has 16 heteroatoms. The van der Waals surface area contributed by atoms with Gasteiger partial charge in [-0.05, 0) is 60.7 Å². The Morgan fingerprint density at radius 1 is 1.00 bits per heavy atom. The van der Waals surface area contributed by atoms with Crippen molar-refractivity contribution in [2.24, 2.45) is 16.6 Å². The Labute approximate surface area is 287 Å². The maximum absolute atomic E-state index is 15.1. The molecule has 3 aromatic carbocycles. The molecule has 48 heavy (non-hydrogen) atoms. The summed E-state index contributed by atoms with van der Waals surface area (Å²) in [6.07, 6.45) is -3.89. The fourth-order valence-corrected chi connectivity index (χ4v) is 4.86. The number of rotatable bonds is 10. The predicted octanol–water partition coefficient (Wildman–Crippen LogP) is 7.58. The Balaban J connectivity index is 1.45. The number of nitrogens with zero attached hydrogens (tertiary/aromatic N) is 3. The number of alkyl halides is 6. The van der Waals surface area contributed by atoms with Crippen molar-refractivity contribution in [3.05, 3.63) is 113 Å². The van der Waals surface area contributed by atoms with E-state index in [9.17, 15) is 22.8 Å². The second-order valence-electron chi connectivity index (χ2n) is 10.9. The molecule has 0 spiro atoms. The van der Waals surface area contributed by atoms with Crippen LogP contribution in [0, 0.1) is 11.7 Å². The molecular formula is C32H27Cl3F4N6O3. The number of benzene rings is 3. The molecule has 252 valence electrons. The zero-order valence-corrected chi connectivity index (χ0v) is 27.0. The molecule has 1 unspecified atom stereocenters. The fourth-order valence-electron chi connectivity index (χ4n) is 4.70. The normalized spacial score (nSPS) is 14.4. The molecule has 1 aromatic heterocycles. The Morgan fingerprint density at radius 2 is 1.73 bits per heavy atom. The topological polar surface area (TPSA) is 124 Å².